The third-order valence-electron chi connectivity index (χ3n) is 5.13. The van der Waals surface area contributed by atoms with Crippen LogP contribution in [0.3, 0.4) is 0 Å². The summed E-state index contributed by atoms with van der Waals surface area (Å²) in [6.07, 6.45) is 12.8. The van der Waals surface area contributed by atoms with Gasteiger partial charge in [0.15, 0.2) is 0 Å². The number of nitrogens with two attached hydrogens (primary N) is 1. The topological polar surface area (TPSA) is 35.2 Å². The van der Waals surface area contributed by atoms with Crippen LogP contribution < -0.4 is 5.73 Å². The van der Waals surface area contributed by atoms with Crippen LogP contribution in [-0.4, -0.2) is 19.3 Å². The molecule has 2 aliphatic rings. The van der Waals surface area contributed by atoms with Crippen molar-refractivity contribution in [2.45, 2.75) is 70.8 Å². The molecule has 1 aliphatic heterocycles. The first-order valence-corrected chi connectivity index (χ1v) is 8.15. The molecule has 0 aromatic carbocycles. The van der Waals surface area contributed by atoms with Gasteiger partial charge in [0.2, 0.25) is 0 Å². The van der Waals surface area contributed by atoms with Crippen molar-refractivity contribution in [3.8, 4) is 0 Å². The van der Waals surface area contributed by atoms with Crippen molar-refractivity contribution in [3.63, 3.8) is 0 Å². The molecule has 2 fully saturated rings. The lowest BCUT2D eigenvalue weighted by atomic mass is 9.71. The average Bonchev–Trinajstić information content (AvgIpc) is 2.90. The number of rotatable bonds is 6. The summed E-state index contributed by atoms with van der Waals surface area (Å²) in [6.45, 7) is 4.21. The van der Waals surface area contributed by atoms with Gasteiger partial charge in [-0.05, 0) is 62.8 Å². The Balaban J connectivity index is 1.77. The monoisotopic (exact) mass is 253 g/mol. The van der Waals surface area contributed by atoms with Crippen molar-refractivity contribution in [2.24, 2.45) is 23.5 Å². The zero-order chi connectivity index (χ0) is 12.8. The van der Waals surface area contributed by atoms with E-state index in [4.69, 9.17) is 10.5 Å². The van der Waals surface area contributed by atoms with Gasteiger partial charge in [-0.15, -0.1) is 0 Å². The van der Waals surface area contributed by atoms with E-state index in [1.165, 1.54) is 57.8 Å². The molecule has 1 heterocycles. The Hall–Kier alpha value is -0.0800. The van der Waals surface area contributed by atoms with Gasteiger partial charge in [0.05, 0.1) is 6.10 Å². The SMILES string of the molecule is CCCC1CCC(CN)C(CCC2CCCO2)C1. The minimum Gasteiger partial charge on any atom is -0.378 e. The molecule has 0 aromatic heterocycles. The normalized spacial score (nSPS) is 37.0. The van der Waals surface area contributed by atoms with Gasteiger partial charge in [-0.2, -0.15) is 0 Å². The van der Waals surface area contributed by atoms with Crippen LogP contribution in [0.25, 0.3) is 0 Å². The maximum absolute atomic E-state index is 5.97. The standard InChI is InChI=1S/C16H31NO/c1-2-4-13-6-7-15(12-17)14(11-13)8-9-16-5-3-10-18-16/h13-16H,2-12,17H2,1H3. The molecule has 0 aromatic rings. The van der Waals surface area contributed by atoms with E-state index in [1.54, 1.807) is 0 Å². The third-order valence-corrected chi connectivity index (χ3v) is 5.13. The molecule has 2 nitrogen and oxygen atoms in total. The van der Waals surface area contributed by atoms with Crippen molar-refractivity contribution < 1.29 is 4.74 Å². The van der Waals surface area contributed by atoms with Gasteiger partial charge in [-0.1, -0.05) is 26.2 Å². The predicted octanol–water partition coefficient (Wildman–Crippen LogP) is 3.74. The van der Waals surface area contributed by atoms with Crippen molar-refractivity contribution in [1.29, 1.82) is 0 Å². The lowest BCUT2D eigenvalue weighted by Crippen LogP contribution is -2.31. The summed E-state index contributed by atoms with van der Waals surface area (Å²) in [5.41, 5.74) is 5.97. The van der Waals surface area contributed by atoms with E-state index in [0.717, 1.165) is 30.9 Å². The average molecular weight is 253 g/mol. The lowest BCUT2D eigenvalue weighted by Gasteiger charge is -2.36. The summed E-state index contributed by atoms with van der Waals surface area (Å²) in [5.74, 6) is 2.65. The van der Waals surface area contributed by atoms with Gasteiger partial charge in [0, 0.05) is 6.61 Å². The fourth-order valence-corrected chi connectivity index (χ4v) is 4.03. The molecule has 0 bridgehead atoms. The summed E-state index contributed by atoms with van der Waals surface area (Å²) in [6, 6.07) is 0. The van der Waals surface area contributed by atoms with Crippen molar-refractivity contribution in [2.75, 3.05) is 13.2 Å². The van der Waals surface area contributed by atoms with Crippen molar-refractivity contribution >= 4 is 0 Å². The van der Waals surface area contributed by atoms with E-state index < -0.39 is 0 Å². The predicted molar refractivity (Wildman–Crippen MR) is 76.5 cm³/mol. The van der Waals surface area contributed by atoms with E-state index >= 15 is 0 Å². The van der Waals surface area contributed by atoms with Crippen LogP contribution in [0.15, 0.2) is 0 Å². The minimum absolute atomic E-state index is 0.565. The molecule has 2 rings (SSSR count). The first-order chi connectivity index (χ1) is 8.83. The van der Waals surface area contributed by atoms with Gasteiger partial charge in [-0.25, -0.2) is 0 Å². The van der Waals surface area contributed by atoms with Crippen LogP contribution in [0.4, 0.5) is 0 Å². The third kappa shape index (κ3) is 3.96. The zero-order valence-electron chi connectivity index (χ0n) is 12.1. The summed E-state index contributed by atoms with van der Waals surface area (Å²) in [5, 5.41) is 0. The van der Waals surface area contributed by atoms with Gasteiger partial charge in [0.1, 0.15) is 0 Å². The maximum atomic E-state index is 5.97. The van der Waals surface area contributed by atoms with Crippen LogP contribution in [0.1, 0.15) is 64.7 Å². The minimum atomic E-state index is 0.565. The van der Waals surface area contributed by atoms with Crippen LogP contribution >= 0.6 is 0 Å². The molecule has 2 heteroatoms. The van der Waals surface area contributed by atoms with Crippen LogP contribution in [0.5, 0.6) is 0 Å². The molecule has 0 amide bonds. The highest BCUT2D eigenvalue weighted by Gasteiger charge is 2.30. The molecule has 1 saturated heterocycles. The van der Waals surface area contributed by atoms with E-state index in [9.17, 15) is 0 Å². The van der Waals surface area contributed by atoms with E-state index in [0.29, 0.717) is 6.10 Å². The summed E-state index contributed by atoms with van der Waals surface area (Å²) >= 11 is 0. The Kier molecular flexibility index (Phi) is 5.97. The highest BCUT2D eigenvalue weighted by molar-refractivity contribution is 4.82. The van der Waals surface area contributed by atoms with E-state index in [2.05, 4.69) is 6.92 Å². The molecule has 18 heavy (non-hydrogen) atoms. The summed E-state index contributed by atoms with van der Waals surface area (Å²) in [7, 11) is 0. The van der Waals surface area contributed by atoms with Crippen LogP contribution in [0, 0.1) is 17.8 Å². The second-order valence-corrected chi connectivity index (χ2v) is 6.44. The molecular formula is C16H31NO. The molecule has 1 aliphatic carbocycles. The molecule has 0 spiro atoms. The first-order valence-electron chi connectivity index (χ1n) is 8.15. The van der Waals surface area contributed by atoms with Gasteiger partial charge >= 0.3 is 0 Å². The molecule has 1 saturated carbocycles. The van der Waals surface area contributed by atoms with Crippen LogP contribution in [-0.2, 0) is 4.74 Å². The molecule has 2 N–H and O–H groups in total. The van der Waals surface area contributed by atoms with Crippen molar-refractivity contribution in [1.82, 2.24) is 0 Å². The Morgan fingerprint density at radius 3 is 2.61 bits per heavy atom. The number of hydrogen-bond acceptors (Lipinski definition) is 2. The maximum Gasteiger partial charge on any atom is 0.0576 e. The summed E-state index contributed by atoms with van der Waals surface area (Å²) in [4.78, 5) is 0. The van der Waals surface area contributed by atoms with Crippen LogP contribution in [0.2, 0.25) is 0 Å². The van der Waals surface area contributed by atoms with E-state index in [1.807, 2.05) is 0 Å². The molecule has 4 atom stereocenters. The smallest absolute Gasteiger partial charge is 0.0576 e. The fourth-order valence-electron chi connectivity index (χ4n) is 4.03. The van der Waals surface area contributed by atoms with E-state index in [-0.39, 0.29) is 0 Å². The molecule has 106 valence electrons. The largest absolute Gasteiger partial charge is 0.378 e. The Labute approximate surface area is 113 Å². The highest BCUT2D eigenvalue weighted by Crippen LogP contribution is 2.38. The quantitative estimate of drug-likeness (QED) is 0.782. The summed E-state index contributed by atoms with van der Waals surface area (Å²) < 4.78 is 5.76. The lowest BCUT2D eigenvalue weighted by molar-refractivity contribution is 0.0846. The molecule has 0 radical (unpaired) electrons. The second-order valence-electron chi connectivity index (χ2n) is 6.44. The molecule has 4 unspecified atom stereocenters. The number of ether oxygens (including phenoxy) is 1. The van der Waals surface area contributed by atoms with Gasteiger partial charge in [-0.3, -0.25) is 0 Å². The zero-order valence-corrected chi connectivity index (χ0v) is 12.1. The van der Waals surface area contributed by atoms with Gasteiger partial charge in [0.25, 0.3) is 0 Å². The highest BCUT2D eigenvalue weighted by atomic mass is 16.5. The Morgan fingerprint density at radius 2 is 1.94 bits per heavy atom. The van der Waals surface area contributed by atoms with Crippen molar-refractivity contribution in [3.05, 3.63) is 0 Å². The Bertz CT molecular complexity index is 225. The Morgan fingerprint density at radius 1 is 1.06 bits per heavy atom. The number of hydrogen-bond donors (Lipinski definition) is 1. The molecular weight excluding hydrogens is 222 g/mol. The van der Waals surface area contributed by atoms with Gasteiger partial charge < -0.3 is 10.5 Å². The fraction of sp³-hybridized carbons (Fsp3) is 1.00. The first kappa shape index (κ1) is 14.3. The second kappa shape index (κ2) is 7.49.